The van der Waals surface area contributed by atoms with E-state index in [1.807, 2.05) is 6.07 Å². The zero-order valence-corrected chi connectivity index (χ0v) is 11.7. The highest BCUT2D eigenvalue weighted by Gasteiger charge is 2.13. The van der Waals surface area contributed by atoms with Crippen molar-refractivity contribution in [1.82, 2.24) is 0 Å². The Hall–Kier alpha value is -1.98. The average molecular weight is 293 g/mol. The molecular weight excluding hydrogens is 276 g/mol. The lowest BCUT2D eigenvalue weighted by molar-refractivity contribution is 0.184. The molecule has 0 aliphatic rings. The molecule has 0 heterocycles. The third kappa shape index (κ3) is 4.00. The van der Waals surface area contributed by atoms with E-state index in [4.69, 9.17) is 15.2 Å². The fourth-order valence-electron chi connectivity index (χ4n) is 2.00. The summed E-state index contributed by atoms with van der Waals surface area (Å²) in [4.78, 5) is 0. The summed E-state index contributed by atoms with van der Waals surface area (Å²) in [6.45, 7) is 0.732. The monoisotopic (exact) mass is 293 g/mol. The van der Waals surface area contributed by atoms with Crippen LogP contribution in [0.1, 0.15) is 11.1 Å². The van der Waals surface area contributed by atoms with Gasteiger partial charge in [-0.25, -0.2) is 8.78 Å². The maximum Gasteiger partial charge on any atom is 0.198 e. The molecule has 0 amide bonds. The summed E-state index contributed by atoms with van der Waals surface area (Å²) in [6, 6.07) is 9.37. The molecule has 3 nitrogen and oxygen atoms in total. The smallest absolute Gasteiger partial charge is 0.198 e. The molecule has 0 saturated carbocycles. The van der Waals surface area contributed by atoms with E-state index in [2.05, 4.69) is 0 Å². The summed E-state index contributed by atoms with van der Waals surface area (Å²) in [5.41, 5.74) is 6.74. The molecule has 0 unspecified atom stereocenters. The van der Waals surface area contributed by atoms with E-state index in [1.54, 1.807) is 25.3 Å². The van der Waals surface area contributed by atoms with Gasteiger partial charge in [-0.1, -0.05) is 12.1 Å². The Bertz CT molecular complexity index is 594. The summed E-state index contributed by atoms with van der Waals surface area (Å²) in [6.07, 6.45) is 0.414. The molecule has 0 saturated heterocycles. The zero-order valence-electron chi connectivity index (χ0n) is 11.7. The number of benzene rings is 2. The molecule has 0 radical (unpaired) electrons. The van der Waals surface area contributed by atoms with E-state index >= 15 is 0 Å². The van der Waals surface area contributed by atoms with Crippen LogP contribution < -0.4 is 10.5 Å². The van der Waals surface area contributed by atoms with Crippen LogP contribution in [0.2, 0.25) is 0 Å². The van der Waals surface area contributed by atoms with Crippen LogP contribution in [0.15, 0.2) is 36.4 Å². The first-order valence-electron chi connectivity index (χ1n) is 6.57. The minimum atomic E-state index is -0.740. The van der Waals surface area contributed by atoms with Gasteiger partial charge in [0.25, 0.3) is 0 Å². The van der Waals surface area contributed by atoms with Gasteiger partial charge in [0.1, 0.15) is 5.75 Å². The molecule has 112 valence electrons. The molecule has 0 aliphatic carbocycles. The quantitative estimate of drug-likeness (QED) is 0.887. The standard InChI is InChI=1S/C16H17F2NO2/c1-20-10-12-3-2-4-13(7-12)21-16-14(17)8-11(5-6-19)9-15(16)18/h2-4,7-9H,5-6,10,19H2,1H3. The Balaban J connectivity index is 2.25. The van der Waals surface area contributed by atoms with Gasteiger partial charge in [0.2, 0.25) is 0 Å². The highest BCUT2D eigenvalue weighted by atomic mass is 19.1. The van der Waals surface area contributed by atoms with E-state index in [1.165, 1.54) is 12.1 Å². The van der Waals surface area contributed by atoms with E-state index in [0.717, 1.165) is 5.56 Å². The van der Waals surface area contributed by atoms with Gasteiger partial charge in [-0.2, -0.15) is 0 Å². The highest BCUT2D eigenvalue weighted by Crippen LogP contribution is 2.29. The second kappa shape index (κ2) is 7.15. The Morgan fingerprint density at radius 3 is 2.38 bits per heavy atom. The zero-order chi connectivity index (χ0) is 15.2. The van der Waals surface area contributed by atoms with Gasteiger partial charge in [-0.15, -0.1) is 0 Å². The van der Waals surface area contributed by atoms with Crippen LogP contribution in [0.3, 0.4) is 0 Å². The number of halogens is 2. The van der Waals surface area contributed by atoms with Gasteiger partial charge in [0, 0.05) is 7.11 Å². The number of methoxy groups -OCH3 is 1. The minimum Gasteiger partial charge on any atom is -0.451 e. The predicted octanol–water partition coefficient (Wildman–Crippen LogP) is 3.40. The van der Waals surface area contributed by atoms with Crippen LogP contribution in [0, 0.1) is 11.6 Å². The molecule has 5 heteroatoms. The number of rotatable bonds is 6. The molecule has 0 bridgehead atoms. The fourth-order valence-corrected chi connectivity index (χ4v) is 2.00. The van der Waals surface area contributed by atoms with Crippen LogP contribution >= 0.6 is 0 Å². The van der Waals surface area contributed by atoms with Crippen molar-refractivity contribution in [3.05, 3.63) is 59.2 Å². The highest BCUT2D eigenvalue weighted by molar-refractivity contribution is 5.37. The molecule has 0 fully saturated rings. The third-order valence-electron chi connectivity index (χ3n) is 2.92. The van der Waals surface area contributed by atoms with Gasteiger partial charge in [-0.05, 0) is 48.4 Å². The summed E-state index contributed by atoms with van der Waals surface area (Å²) >= 11 is 0. The average Bonchev–Trinajstić information content (AvgIpc) is 2.44. The SMILES string of the molecule is COCc1cccc(Oc2c(F)cc(CCN)cc2F)c1. The van der Waals surface area contributed by atoms with E-state index in [-0.39, 0.29) is 0 Å². The fraction of sp³-hybridized carbons (Fsp3) is 0.250. The number of nitrogens with two attached hydrogens (primary N) is 1. The molecule has 2 aromatic carbocycles. The third-order valence-corrected chi connectivity index (χ3v) is 2.92. The Morgan fingerprint density at radius 2 is 1.76 bits per heavy atom. The lowest BCUT2D eigenvalue weighted by Gasteiger charge is -2.10. The van der Waals surface area contributed by atoms with E-state index < -0.39 is 17.4 Å². The van der Waals surface area contributed by atoms with E-state index in [9.17, 15) is 8.78 Å². The van der Waals surface area contributed by atoms with Gasteiger partial charge in [0.05, 0.1) is 6.61 Å². The van der Waals surface area contributed by atoms with Crippen molar-refractivity contribution < 1.29 is 18.3 Å². The van der Waals surface area contributed by atoms with Crippen molar-refractivity contribution in [2.45, 2.75) is 13.0 Å². The van der Waals surface area contributed by atoms with Crippen LogP contribution in [0.5, 0.6) is 11.5 Å². The second-order valence-corrected chi connectivity index (χ2v) is 4.61. The minimum absolute atomic E-state index is 0.331. The van der Waals surface area contributed by atoms with E-state index in [0.29, 0.717) is 30.9 Å². The molecule has 0 aromatic heterocycles. The Kier molecular flexibility index (Phi) is 5.25. The number of hydrogen-bond donors (Lipinski definition) is 1. The molecule has 21 heavy (non-hydrogen) atoms. The molecular formula is C16H17F2NO2. The summed E-state index contributed by atoms with van der Waals surface area (Å²) in [7, 11) is 1.57. The molecule has 2 rings (SSSR count). The largest absolute Gasteiger partial charge is 0.451 e. The first kappa shape index (κ1) is 15.4. The summed E-state index contributed by atoms with van der Waals surface area (Å²) in [5.74, 6) is -1.54. The van der Waals surface area contributed by atoms with Crippen LogP contribution in [0.25, 0.3) is 0 Å². The van der Waals surface area contributed by atoms with Crippen molar-refractivity contribution in [2.24, 2.45) is 5.73 Å². The van der Waals surface area contributed by atoms with Gasteiger partial charge < -0.3 is 15.2 Å². The maximum atomic E-state index is 13.9. The first-order valence-corrected chi connectivity index (χ1v) is 6.57. The van der Waals surface area contributed by atoms with Crippen LogP contribution in [-0.4, -0.2) is 13.7 Å². The van der Waals surface area contributed by atoms with Crippen LogP contribution in [-0.2, 0) is 17.8 Å². The Labute approximate surface area is 122 Å². The van der Waals surface area contributed by atoms with Crippen molar-refractivity contribution in [1.29, 1.82) is 0 Å². The number of hydrogen-bond acceptors (Lipinski definition) is 3. The first-order chi connectivity index (χ1) is 10.1. The molecule has 2 N–H and O–H groups in total. The summed E-state index contributed by atoms with van der Waals surface area (Å²) < 4.78 is 38.2. The molecule has 0 spiro atoms. The van der Waals surface area contributed by atoms with Crippen molar-refractivity contribution in [3.63, 3.8) is 0 Å². The topological polar surface area (TPSA) is 44.5 Å². The maximum absolute atomic E-state index is 13.9. The normalized spacial score (nSPS) is 10.7. The van der Waals surface area contributed by atoms with Gasteiger partial charge >= 0.3 is 0 Å². The lowest BCUT2D eigenvalue weighted by Crippen LogP contribution is -2.04. The van der Waals surface area contributed by atoms with Gasteiger partial charge in [0.15, 0.2) is 17.4 Å². The molecule has 0 aliphatic heterocycles. The predicted molar refractivity (Wildman–Crippen MR) is 76.3 cm³/mol. The molecule has 0 atom stereocenters. The van der Waals surface area contributed by atoms with Crippen molar-refractivity contribution >= 4 is 0 Å². The second-order valence-electron chi connectivity index (χ2n) is 4.61. The van der Waals surface area contributed by atoms with Crippen molar-refractivity contribution in [2.75, 3.05) is 13.7 Å². The lowest BCUT2D eigenvalue weighted by atomic mass is 10.1. The van der Waals surface area contributed by atoms with Crippen LogP contribution in [0.4, 0.5) is 8.78 Å². The molecule has 2 aromatic rings. The summed E-state index contributed by atoms with van der Waals surface area (Å²) in [5, 5.41) is 0. The van der Waals surface area contributed by atoms with Crippen molar-refractivity contribution in [3.8, 4) is 11.5 Å². The Morgan fingerprint density at radius 1 is 1.05 bits per heavy atom. The van der Waals surface area contributed by atoms with Gasteiger partial charge in [-0.3, -0.25) is 0 Å². The number of ether oxygens (including phenoxy) is 2.